The second-order valence-electron chi connectivity index (χ2n) is 5.32. The second-order valence-corrected chi connectivity index (χ2v) is 5.32. The number of likely N-dealkylation sites (N-methyl/N-ethyl adjacent to an activating group) is 1. The van der Waals surface area contributed by atoms with Gasteiger partial charge in [-0.1, -0.05) is 19.1 Å². The lowest BCUT2D eigenvalue weighted by Gasteiger charge is -2.39. The molecule has 1 fully saturated rings. The van der Waals surface area contributed by atoms with Gasteiger partial charge in [-0.25, -0.2) is 4.79 Å². The minimum Gasteiger partial charge on any atom is -0.326 e. The van der Waals surface area contributed by atoms with Crippen LogP contribution in [0.2, 0.25) is 0 Å². The van der Waals surface area contributed by atoms with Gasteiger partial charge in [0, 0.05) is 37.9 Å². The quantitative estimate of drug-likeness (QED) is 0.883. The Morgan fingerprint density at radius 1 is 1.45 bits per heavy atom. The summed E-state index contributed by atoms with van der Waals surface area (Å²) in [4.78, 5) is 16.5. The highest BCUT2D eigenvalue weighted by atomic mass is 16.2. The van der Waals surface area contributed by atoms with Gasteiger partial charge in [0.05, 0.1) is 0 Å². The molecule has 1 aromatic rings. The van der Waals surface area contributed by atoms with Crippen LogP contribution in [0.4, 0.5) is 10.5 Å². The Morgan fingerprint density at radius 2 is 2.25 bits per heavy atom. The van der Waals surface area contributed by atoms with Crippen molar-refractivity contribution in [2.24, 2.45) is 5.73 Å². The number of anilines is 1. The third kappa shape index (κ3) is 3.49. The summed E-state index contributed by atoms with van der Waals surface area (Å²) in [5, 5.41) is 2.96. The molecule has 1 atom stereocenters. The summed E-state index contributed by atoms with van der Waals surface area (Å²) in [5.41, 5.74) is 7.45. The maximum Gasteiger partial charge on any atom is 0.321 e. The molecule has 0 aliphatic carbocycles. The van der Waals surface area contributed by atoms with E-state index in [1.165, 1.54) is 0 Å². The van der Waals surface area contributed by atoms with Gasteiger partial charge in [-0.2, -0.15) is 0 Å². The molecule has 0 bridgehead atoms. The van der Waals surface area contributed by atoms with Crippen molar-refractivity contribution in [1.29, 1.82) is 0 Å². The fraction of sp³-hybridized carbons (Fsp3) is 0.533. The molecule has 110 valence electrons. The predicted octanol–water partition coefficient (Wildman–Crippen LogP) is 1.70. The normalized spacial score (nSPS) is 19.9. The Bertz CT molecular complexity index is 463. The number of hydrogen-bond donors (Lipinski definition) is 2. The van der Waals surface area contributed by atoms with Gasteiger partial charge in [-0.15, -0.1) is 0 Å². The molecule has 0 radical (unpaired) electrons. The fourth-order valence-corrected chi connectivity index (χ4v) is 2.55. The van der Waals surface area contributed by atoms with Crippen LogP contribution in [0.3, 0.4) is 0 Å². The van der Waals surface area contributed by atoms with Crippen LogP contribution in [0.5, 0.6) is 0 Å². The van der Waals surface area contributed by atoms with Gasteiger partial charge in [-0.05, 0) is 31.2 Å². The van der Waals surface area contributed by atoms with Gasteiger partial charge < -0.3 is 16.0 Å². The number of urea groups is 1. The highest BCUT2D eigenvalue weighted by Crippen LogP contribution is 2.14. The van der Waals surface area contributed by atoms with Crippen molar-refractivity contribution in [3.8, 4) is 0 Å². The molecule has 2 amide bonds. The van der Waals surface area contributed by atoms with Crippen LogP contribution in [0.15, 0.2) is 24.3 Å². The van der Waals surface area contributed by atoms with Gasteiger partial charge in [0.2, 0.25) is 0 Å². The Labute approximate surface area is 120 Å². The molecule has 3 N–H and O–H groups in total. The molecule has 1 unspecified atom stereocenters. The number of hydrogen-bond acceptors (Lipinski definition) is 3. The SMILES string of the molecule is CCC1CN(C(=O)Nc2cccc(CN)c2)CCN1C. The summed E-state index contributed by atoms with van der Waals surface area (Å²) >= 11 is 0. The number of benzene rings is 1. The Kier molecular flexibility index (Phi) is 4.98. The number of rotatable bonds is 3. The lowest BCUT2D eigenvalue weighted by molar-refractivity contribution is 0.114. The lowest BCUT2D eigenvalue weighted by atomic mass is 10.1. The molecule has 20 heavy (non-hydrogen) atoms. The van der Waals surface area contributed by atoms with E-state index in [-0.39, 0.29) is 6.03 Å². The average Bonchev–Trinajstić information content (AvgIpc) is 2.47. The van der Waals surface area contributed by atoms with E-state index in [1.54, 1.807) is 0 Å². The van der Waals surface area contributed by atoms with Crippen LogP contribution in [-0.2, 0) is 6.54 Å². The van der Waals surface area contributed by atoms with E-state index in [9.17, 15) is 4.79 Å². The van der Waals surface area contributed by atoms with Gasteiger partial charge >= 0.3 is 6.03 Å². The van der Waals surface area contributed by atoms with Gasteiger partial charge in [-0.3, -0.25) is 4.90 Å². The highest BCUT2D eigenvalue weighted by molar-refractivity contribution is 5.89. The van der Waals surface area contributed by atoms with Crippen LogP contribution in [0.25, 0.3) is 0 Å². The Balaban J connectivity index is 1.97. The van der Waals surface area contributed by atoms with Gasteiger partial charge in [0.25, 0.3) is 0 Å². The molecule has 0 spiro atoms. The molecule has 1 saturated heterocycles. The first kappa shape index (κ1) is 14.8. The van der Waals surface area contributed by atoms with Gasteiger partial charge in [0.1, 0.15) is 0 Å². The van der Waals surface area contributed by atoms with E-state index in [0.717, 1.165) is 37.3 Å². The summed E-state index contributed by atoms with van der Waals surface area (Å²) < 4.78 is 0. The molecule has 1 aliphatic rings. The van der Waals surface area contributed by atoms with Crippen molar-refractivity contribution in [3.05, 3.63) is 29.8 Å². The first-order valence-corrected chi connectivity index (χ1v) is 7.19. The standard InChI is InChI=1S/C15H24N4O/c1-3-14-11-19(8-7-18(14)2)15(20)17-13-6-4-5-12(9-13)10-16/h4-6,9,14H,3,7-8,10-11,16H2,1-2H3,(H,17,20). The summed E-state index contributed by atoms with van der Waals surface area (Å²) in [6.07, 6.45) is 1.06. The maximum absolute atomic E-state index is 12.3. The summed E-state index contributed by atoms with van der Waals surface area (Å²) in [6, 6.07) is 8.11. The van der Waals surface area contributed by atoms with Crippen molar-refractivity contribution >= 4 is 11.7 Å². The third-order valence-electron chi connectivity index (χ3n) is 3.95. The molecule has 5 nitrogen and oxygen atoms in total. The van der Waals surface area contributed by atoms with Crippen LogP contribution in [0, 0.1) is 0 Å². The van der Waals surface area contributed by atoms with Crippen molar-refractivity contribution in [1.82, 2.24) is 9.80 Å². The molecule has 1 aromatic carbocycles. The lowest BCUT2D eigenvalue weighted by Crippen LogP contribution is -2.53. The highest BCUT2D eigenvalue weighted by Gasteiger charge is 2.25. The number of carbonyl (C=O) groups excluding carboxylic acids is 1. The van der Waals surface area contributed by atoms with Crippen molar-refractivity contribution in [3.63, 3.8) is 0 Å². The number of nitrogens with two attached hydrogens (primary N) is 1. The van der Waals surface area contributed by atoms with E-state index in [4.69, 9.17) is 5.73 Å². The minimum absolute atomic E-state index is 0.0225. The number of piperazine rings is 1. The zero-order valence-corrected chi connectivity index (χ0v) is 12.3. The fourth-order valence-electron chi connectivity index (χ4n) is 2.55. The predicted molar refractivity (Wildman–Crippen MR) is 81.6 cm³/mol. The van der Waals surface area contributed by atoms with E-state index >= 15 is 0 Å². The first-order chi connectivity index (χ1) is 9.63. The minimum atomic E-state index is -0.0225. The van der Waals surface area contributed by atoms with Crippen LogP contribution < -0.4 is 11.1 Å². The van der Waals surface area contributed by atoms with E-state index in [2.05, 4.69) is 24.2 Å². The summed E-state index contributed by atoms with van der Waals surface area (Å²) in [6.45, 7) is 5.13. The molecular weight excluding hydrogens is 252 g/mol. The van der Waals surface area contributed by atoms with Gasteiger partial charge in [0.15, 0.2) is 0 Å². The Morgan fingerprint density at radius 3 is 2.95 bits per heavy atom. The van der Waals surface area contributed by atoms with E-state index in [1.807, 2.05) is 29.2 Å². The first-order valence-electron chi connectivity index (χ1n) is 7.19. The molecule has 0 aromatic heterocycles. The molecule has 2 rings (SSSR count). The molecule has 1 aliphatic heterocycles. The van der Waals surface area contributed by atoms with Crippen LogP contribution in [-0.4, -0.2) is 48.6 Å². The number of amides is 2. The van der Waals surface area contributed by atoms with Crippen LogP contribution >= 0.6 is 0 Å². The largest absolute Gasteiger partial charge is 0.326 e. The summed E-state index contributed by atoms with van der Waals surface area (Å²) in [7, 11) is 2.12. The number of nitrogens with zero attached hydrogens (tertiary/aromatic N) is 2. The van der Waals surface area contributed by atoms with Crippen molar-refractivity contribution in [2.45, 2.75) is 25.9 Å². The molecule has 1 heterocycles. The average molecular weight is 276 g/mol. The van der Waals surface area contributed by atoms with Crippen molar-refractivity contribution < 1.29 is 4.79 Å². The third-order valence-corrected chi connectivity index (χ3v) is 3.95. The Hall–Kier alpha value is -1.59. The monoisotopic (exact) mass is 276 g/mol. The topological polar surface area (TPSA) is 61.6 Å². The molecular formula is C15H24N4O. The molecule has 0 saturated carbocycles. The maximum atomic E-state index is 12.3. The van der Waals surface area contributed by atoms with E-state index < -0.39 is 0 Å². The smallest absolute Gasteiger partial charge is 0.321 e. The van der Waals surface area contributed by atoms with E-state index in [0.29, 0.717) is 12.6 Å². The molecule has 5 heteroatoms. The second kappa shape index (κ2) is 6.72. The van der Waals surface area contributed by atoms with Crippen molar-refractivity contribution in [2.75, 3.05) is 32.0 Å². The van der Waals surface area contributed by atoms with Crippen LogP contribution in [0.1, 0.15) is 18.9 Å². The zero-order valence-electron chi connectivity index (χ0n) is 12.3. The number of nitrogens with one attached hydrogen (secondary N) is 1. The summed E-state index contributed by atoms with van der Waals surface area (Å²) in [5.74, 6) is 0. The zero-order chi connectivity index (χ0) is 14.5. The number of carbonyl (C=O) groups is 1.